The average molecular weight is 264 g/mol. The molecule has 0 amide bonds. The van der Waals surface area contributed by atoms with Crippen LogP contribution < -0.4 is 11.1 Å². The van der Waals surface area contributed by atoms with Gasteiger partial charge in [0.1, 0.15) is 18.2 Å². The fraction of sp³-hybridized carbons (Fsp3) is 0.714. The summed E-state index contributed by atoms with van der Waals surface area (Å²) in [4.78, 5) is 8.59. The minimum atomic E-state index is 0.391. The number of methoxy groups -OCH3 is 1. The predicted octanol–water partition coefficient (Wildman–Crippen LogP) is 2.59. The monoisotopic (exact) mass is 264 g/mol. The minimum Gasteiger partial charge on any atom is -0.384 e. The van der Waals surface area contributed by atoms with E-state index >= 15 is 0 Å². The zero-order chi connectivity index (χ0) is 13.7. The lowest BCUT2D eigenvalue weighted by Crippen LogP contribution is -2.27. The van der Waals surface area contributed by atoms with Crippen LogP contribution in [0, 0.1) is 5.92 Å². The van der Waals surface area contributed by atoms with Crippen molar-refractivity contribution in [3.05, 3.63) is 11.9 Å². The van der Waals surface area contributed by atoms with E-state index in [0.717, 1.165) is 11.7 Å². The van der Waals surface area contributed by atoms with Crippen molar-refractivity contribution in [2.75, 3.05) is 18.2 Å². The van der Waals surface area contributed by atoms with E-state index in [-0.39, 0.29) is 0 Å². The fourth-order valence-electron chi connectivity index (χ4n) is 2.79. The van der Waals surface area contributed by atoms with Crippen LogP contribution in [0.3, 0.4) is 0 Å². The molecule has 1 aromatic rings. The first kappa shape index (κ1) is 14.1. The highest BCUT2D eigenvalue weighted by Gasteiger charge is 2.21. The molecule has 3 N–H and O–H groups in total. The van der Waals surface area contributed by atoms with E-state index < -0.39 is 0 Å². The SMILES string of the molecule is CCC1CCCC(Nc2cc(N)nc(COC)n2)C1. The smallest absolute Gasteiger partial charge is 0.158 e. The molecule has 0 radical (unpaired) electrons. The molecule has 19 heavy (non-hydrogen) atoms. The van der Waals surface area contributed by atoms with Crippen molar-refractivity contribution in [2.24, 2.45) is 5.92 Å². The molecular formula is C14H24N4O. The van der Waals surface area contributed by atoms with E-state index in [1.807, 2.05) is 0 Å². The Balaban J connectivity index is 2.01. The standard InChI is InChI=1S/C14H24N4O/c1-3-10-5-4-6-11(7-10)16-13-8-12(15)17-14(18-13)9-19-2/h8,10-11H,3-7,9H2,1-2H3,(H3,15,16,17,18). The Morgan fingerprint density at radius 3 is 3.00 bits per heavy atom. The van der Waals surface area contributed by atoms with Gasteiger partial charge in [0.05, 0.1) is 0 Å². The van der Waals surface area contributed by atoms with Gasteiger partial charge in [0, 0.05) is 19.2 Å². The second kappa shape index (κ2) is 6.70. The molecule has 0 aliphatic heterocycles. The van der Waals surface area contributed by atoms with Crippen molar-refractivity contribution in [3.8, 4) is 0 Å². The fourth-order valence-corrected chi connectivity index (χ4v) is 2.79. The third-order valence-corrected chi connectivity index (χ3v) is 3.78. The molecule has 106 valence electrons. The number of aromatic nitrogens is 2. The van der Waals surface area contributed by atoms with E-state index in [9.17, 15) is 0 Å². The van der Waals surface area contributed by atoms with Crippen LogP contribution in [-0.4, -0.2) is 23.1 Å². The summed E-state index contributed by atoms with van der Waals surface area (Å²) in [6.45, 7) is 2.66. The zero-order valence-corrected chi connectivity index (χ0v) is 11.9. The third kappa shape index (κ3) is 4.06. The summed E-state index contributed by atoms with van der Waals surface area (Å²) in [5, 5.41) is 3.50. The summed E-state index contributed by atoms with van der Waals surface area (Å²) in [5.74, 6) is 2.78. The summed E-state index contributed by atoms with van der Waals surface area (Å²) in [6.07, 6.45) is 6.34. The molecule has 0 saturated heterocycles. The third-order valence-electron chi connectivity index (χ3n) is 3.78. The number of rotatable bonds is 5. The molecule has 0 spiro atoms. The average Bonchev–Trinajstić information content (AvgIpc) is 2.38. The molecule has 0 aromatic carbocycles. The van der Waals surface area contributed by atoms with E-state index in [2.05, 4.69) is 22.2 Å². The quantitative estimate of drug-likeness (QED) is 0.855. The number of hydrogen-bond donors (Lipinski definition) is 2. The van der Waals surface area contributed by atoms with Crippen molar-refractivity contribution in [1.29, 1.82) is 0 Å². The summed E-state index contributed by atoms with van der Waals surface area (Å²) in [7, 11) is 1.63. The van der Waals surface area contributed by atoms with Crippen LogP contribution in [0.1, 0.15) is 44.9 Å². The second-order valence-corrected chi connectivity index (χ2v) is 5.31. The van der Waals surface area contributed by atoms with Gasteiger partial charge in [-0.05, 0) is 18.8 Å². The molecule has 1 saturated carbocycles. The van der Waals surface area contributed by atoms with E-state index in [1.165, 1.54) is 32.1 Å². The summed E-state index contributed by atoms with van der Waals surface area (Å²) >= 11 is 0. The maximum atomic E-state index is 5.80. The molecule has 2 unspecified atom stereocenters. The highest BCUT2D eigenvalue weighted by atomic mass is 16.5. The van der Waals surface area contributed by atoms with Gasteiger partial charge in [-0.1, -0.05) is 26.2 Å². The molecule has 2 rings (SSSR count). The van der Waals surface area contributed by atoms with Gasteiger partial charge in [0.15, 0.2) is 5.82 Å². The highest BCUT2D eigenvalue weighted by molar-refractivity contribution is 5.45. The van der Waals surface area contributed by atoms with E-state index in [4.69, 9.17) is 10.5 Å². The number of hydrogen-bond acceptors (Lipinski definition) is 5. The number of anilines is 2. The molecule has 1 aromatic heterocycles. The highest BCUT2D eigenvalue weighted by Crippen LogP contribution is 2.28. The van der Waals surface area contributed by atoms with Crippen molar-refractivity contribution in [2.45, 2.75) is 51.7 Å². The molecule has 2 atom stereocenters. The van der Waals surface area contributed by atoms with Crippen molar-refractivity contribution in [3.63, 3.8) is 0 Å². The van der Waals surface area contributed by atoms with Gasteiger partial charge in [-0.2, -0.15) is 0 Å². The molecule has 0 bridgehead atoms. The van der Waals surface area contributed by atoms with Gasteiger partial charge >= 0.3 is 0 Å². The molecule has 1 aliphatic rings. The normalized spacial score (nSPS) is 23.3. The van der Waals surface area contributed by atoms with Crippen LogP contribution in [0.15, 0.2) is 6.07 Å². The molecule has 1 aliphatic carbocycles. The van der Waals surface area contributed by atoms with Gasteiger partial charge in [-0.3, -0.25) is 0 Å². The van der Waals surface area contributed by atoms with E-state index in [1.54, 1.807) is 13.2 Å². The first-order valence-corrected chi connectivity index (χ1v) is 7.10. The Kier molecular flexibility index (Phi) is 4.96. The van der Waals surface area contributed by atoms with Crippen LogP contribution in [0.4, 0.5) is 11.6 Å². The largest absolute Gasteiger partial charge is 0.384 e. The zero-order valence-electron chi connectivity index (χ0n) is 11.9. The van der Waals surface area contributed by atoms with Gasteiger partial charge in [-0.15, -0.1) is 0 Å². The molecule has 5 heteroatoms. The Hall–Kier alpha value is -1.36. The lowest BCUT2D eigenvalue weighted by molar-refractivity contribution is 0.178. The van der Waals surface area contributed by atoms with Crippen LogP contribution in [0.5, 0.6) is 0 Å². The first-order valence-electron chi connectivity index (χ1n) is 7.10. The number of nitrogen functional groups attached to an aromatic ring is 1. The van der Waals surface area contributed by atoms with Crippen molar-refractivity contribution < 1.29 is 4.74 Å². The van der Waals surface area contributed by atoms with Crippen LogP contribution in [-0.2, 0) is 11.3 Å². The van der Waals surface area contributed by atoms with Gasteiger partial charge < -0.3 is 15.8 Å². The Morgan fingerprint density at radius 1 is 1.42 bits per heavy atom. The Bertz CT molecular complexity index is 410. The van der Waals surface area contributed by atoms with Crippen LogP contribution in [0.25, 0.3) is 0 Å². The Morgan fingerprint density at radius 2 is 2.26 bits per heavy atom. The number of nitrogens with zero attached hydrogens (tertiary/aromatic N) is 2. The van der Waals surface area contributed by atoms with Crippen molar-refractivity contribution in [1.82, 2.24) is 9.97 Å². The number of nitrogens with two attached hydrogens (primary N) is 1. The number of nitrogens with one attached hydrogen (secondary N) is 1. The minimum absolute atomic E-state index is 0.391. The predicted molar refractivity (Wildman–Crippen MR) is 76.8 cm³/mol. The lowest BCUT2D eigenvalue weighted by Gasteiger charge is -2.29. The van der Waals surface area contributed by atoms with Crippen LogP contribution >= 0.6 is 0 Å². The topological polar surface area (TPSA) is 73.1 Å². The summed E-state index contributed by atoms with van der Waals surface area (Å²) in [6, 6.07) is 2.30. The summed E-state index contributed by atoms with van der Waals surface area (Å²) < 4.78 is 5.05. The molecule has 5 nitrogen and oxygen atoms in total. The van der Waals surface area contributed by atoms with Crippen molar-refractivity contribution >= 4 is 11.6 Å². The molecule has 1 fully saturated rings. The first-order chi connectivity index (χ1) is 9.21. The van der Waals surface area contributed by atoms with Crippen LogP contribution in [0.2, 0.25) is 0 Å². The summed E-state index contributed by atoms with van der Waals surface area (Å²) in [5.41, 5.74) is 5.80. The second-order valence-electron chi connectivity index (χ2n) is 5.31. The van der Waals surface area contributed by atoms with Gasteiger partial charge in [-0.25, -0.2) is 9.97 Å². The molecule has 1 heterocycles. The maximum Gasteiger partial charge on any atom is 0.158 e. The Labute approximate surface area is 115 Å². The van der Waals surface area contributed by atoms with Gasteiger partial charge in [0.2, 0.25) is 0 Å². The van der Waals surface area contributed by atoms with E-state index in [0.29, 0.717) is 24.3 Å². The molecular weight excluding hydrogens is 240 g/mol. The maximum absolute atomic E-state index is 5.80. The number of ether oxygens (including phenoxy) is 1. The van der Waals surface area contributed by atoms with Gasteiger partial charge in [0.25, 0.3) is 0 Å². The lowest BCUT2D eigenvalue weighted by atomic mass is 9.84.